The van der Waals surface area contributed by atoms with Gasteiger partial charge in [0.25, 0.3) is 5.91 Å². The van der Waals surface area contributed by atoms with Crippen molar-refractivity contribution in [3.05, 3.63) is 35.9 Å². The van der Waals surface area contributed by atoms with Crippen LogP contribution in [0.15, 0.2) is 18.6 Å². The zero-order chi connectivity index (χ0) is 21.4. The van der Waals surface area contributed by atoms with E-state index in [4.69, 9.17) is 14.5 Å². The van der Waals surface area contributed by atoms with Gasteiger partial charge in [-0.25, -0.2) is 15.0 Å². The molecule has 0 unspecified atom stereocenters. The zero-order valence-corrected chi connectivity index (χ0v) is 18.3. The maximum atomic E-state index is 12.8. The predicted octanol–water partition coefficient (Wildman–Crippen LogP) is 1.69. The van der Waals surface area contributed by atoms with Crippen molar-refractivity contribution in [1.82, 2.24) is 29.3 Å². The Kier molecular flexibility index (Phi) is 5.39. The number of methoxy groups -OCH3 is 1. The van der Waals surface area contributed by atoms with Crippen LogP contribution in [0.4, 0.5) is 0 Å². The molecule has 9 heteroatoms. The molecule has 4 heterocycles. The number of fused-ring (bicyclic) bond motifs is 2. The molecule has 3 aliphatic rings. The Balaban J connectivity index is 1.26. The van der Waals surface area contributed by atoms with Crippen molar-refractivity contribution in [3.8, 4) is 5.75 Å². The SMILES string of the molecule is COc1cnc(C(=O)N2CCC3(CC2)OCCn2c(CN(C)CC4CC4)cnc23)nc1. The van der Waals surface area contributed by atoms with Gasteiger partial charge in [0.1, 0.15) is 11.4 Å². The summed E-state index contributed by atoms with van der Waals surface area (Å²) in [7, 11) is 3.74. The minimum atomic E-state index is -0.414. The highest BCUT2D eigenvalue weighted by molar-refractivity contribution is 5.90. The lowest BCUT2D eigenvalue weighted by Crippen LogP contribution is -2.50. The topological polar surface area (TPSA) is 85.6 Å². The zero-order valence-electron chi connectivity index (χ0n) is 18.3. The minimum Gasteiger partial charge on any atom is -0.494 e. The molecule has 1 aliphatic carbocycles. The number of hydrogen-bond donors (Lipinski definition) is 0. The normalized spacial score (nSPS) is 20.2. The number of likely N-dealkylation sites (tertiary alicyclic amines) is 1. The van der Waals surface area contributed by atoms with Crippen LogP contribution in [0, 0.1) is 5.92 Å². The molecule has 0 atom stereocenters. The van der Waals surface area contributed by atoms with E-state index >= 15 is 0 Å². The lowest BCUT2D eigenvalue weighted by molar-refractivity contribution is -0.112. The summed E-state index contributed by atoms with van der Waals surface area (Å²) in [5.41, 5.74) is 0.842. The molecule has 2 aromatic heterocycles. The van der Waals surface area contributed by atoms with E-state index in [2.05, 4.69) is 26.5 Å². The number of aromatic nitrogens is 4. The van der Waals surface area contributed by atoms with E-state index < -0.39 is 5.60 Å². The number of amides is 1. The van der Waals surface area contributed by atoms with E-state index in [1.165, 1.54) is 30.9 Å². The summed E-state index contributed by atoms with van der Waals surface area (Å²) in [6, 6.07) is 0. The fourth-order valence-corrected chi connectivity index (χ4v) is 4.74. The summed E-state index contributed by atoms with van der Waals surface area (Å²) in [5.74, 6) is 2.47. The number of imidazole rings is 1. The standard InChI is InChI=1S/C22H30N6O3/c1-26(14-16-3-4-16)15-17-11-25-21-22(31-10-9-28(17)21)5-7-27(8-6-22)20(29)19-23-12-18(30-2)13-24-19/h11-13,16H,3-10,14-15H2,1-2H3. The highest BCUT2D eigenvalue weighted by Crippen LogP contribution is 2.39. The van der Waals surface area contributed by atoms with Crippen molar-refractivity contribution in [2.24, 2.45) is 5.92 Å². The summed E-state index contributed by atoms with van der Waals surface area (Å²) in [5, 5.41) is 0. The first-order valence-electron chi connectivity index (χ1n) is 11.1. The number of carbonyl (C=O) groups excluding carboxylic acids is 1. The summed E-state index contributed by atoms with van der Waals surface area (Å²) in [4.78, 5) is 30.1. The van der Waals surface area contributed by atoms with Crippen LogP contribution in [-0.2, 0) is 23.4 Å². The van der Waals surface area contributed by atoms with Crippen LogP contribution in [0.1, 0.15) is 47.8 Å². The van der Waals surface area contributed by atoms with E-state index in [1.54, 1.807) is 7.11 Å². The molecule has 1 saturated carbocycles. The number of nitrogens with zero attached hydrogens (tertiary/aromatic N) is 6. The fourth-order valence-electron chi connectivity index (χ4n) is 4.74. The molecule has 0 aromatic carbocycles. The van der Waals surface area contributed by atoms with Crippen LogP contribution < -0.4 is 4.74 Å². The van der Waals surface area contributed by atoms with Crippen LogP contribution in [0.25, 0.3) is 0 Å². The molecule has 2 aliphatic heterocycles. The average Bonchev–Trinajstić information content (AvgIpc) is 3.52. The number of hydrogen-bond acceptors (Lipinski definition) is 7. The molecular formula is C22H30N6O3. The van der Waals surface area contributed by atoms with Gasteiger partial charge in [-0.05, 0) is 25.8 Å². The van der Waals surface area contributed by atoms with Crippen molar-refractivity contribution in [2.75, 3.05) is 40.4 Å². The van der Waals surface area contributed by atoms with Gasteiger partial charge in [0.05, 0.1) is 31.8 Å². The van der Waals surface area contributed by atoms with E-state index in [9.17, 15) is 4.79 Å². The van der Waals surface area contributed by atoms with Gasteiger partial charge in [0.2, 0.25) is 5.82 Å². The van der Waals surface area contributed by atoms with Gasteiger partial charge in [-0.15, -0.1) is 0 Å². The second-order valence-corrected chi connectivity index (χ2v) is 8.95. The first-order valence-corrected chi connectivity index (χ1v) is 11.1. The van der Waals surface area contributed by atoms with E-state index in [1.807, 2.05) is 11.1 Å². The van der Waals surface area contributed by atoms with E-state index in [-0.39, 0.29) is 11.7 Å². The Hall–Kier alpha value is -2.52. The Morgan fingerprint density at radius 1 is 1.19 bits per heavy atom. The van der Waals surface area contributed by atoms with Crippen LogP contribution in [0.5, 0.6) is 5.75 Å². The molecule has 0 bridgehead atoms. The van der Waals surface area contributed by atoms with Crippen LogP contribution in [-0.4, -0.2) is 75.6 Å². The van der Waals surface area contributed by atoms with Crippen molar-refractivity contribution in [2.45, 2.75) is 44.4 Å². The molecule has 1 spiro atoms. The summed E-state index contributed by atoms with van der Waals surface area (Å²) in [6.45, 7) is 4.78. The van der Waals surface area contributed by atoms with E-state index in [0.29, 0.717) is 25.4 Å². The first kappa shape index (κ1) is 20.4. The molecule has 1 saturated heterocycles. The monoisotopic (exact) mass is 426 g/mol. The fraction of sp³-hybridized carbons (Fsp3) is 0.636. The van der Waals surface area contributed by atoms with Gasteiger partial charge < -0.3 is 23.8 Å². The molecule has 166 valence electrons. The molecule has 9 nitrogen and oxygen atoms in total. The van der Waals surface area contributed by atoms with E-state index in [0.717, 1.165) is 44.2 Å². The third-order valence-corrected chi connectivity index (χ3v) is 6.65. The smallest absolute Gasteiger partial charge is 0.291 e. The second kappa shape index (κ2) is 8.20. The molecule has 0 radical (unpaired) electrons. The van der Waals surface area contributed by atoms with Crippen LogP contribution in [0.3, 0.4) is 0 Å². The Bertz CT molecular complexity index is 931. The third kappa shape index (κ3) is 4.04. The molecular weight excluding hydrogens is 396 g/mol. The average molecular weight is 427 g/mol. The van der Waals surface area contributed by atoms with Gasteiger partial charge in [0, 0.05) is 51.8 Å². The third-order valence-electron chi connectivity index (χ3n) is 6.65. The number of ether oxygens (including phenoxy) is 2. The number of piperidine rings is 1. The van der Waals surface area contributed by atoms with Gasteiger partial charge in [-0.2, -0.15) is 0 Å². The molecule has 0 N–H and O–H groups in total. The van der Waals surface area contributed by atoms with Crippen LogP contribution in [0.2, 0.25) is 0 Å². The lowest BCUT2D eigenvalue weighted by Gasteiger charge is -2.43. The summed E-state index contributed by atoms with van der Waals surface area (Å²) in [6.07, 6.45) is 9.23. The molecule has 1 amide bonds. The van der Waals surface area contributed by atoms with Gasteiger partial charge in [0.15, 0.2) is 5.75 Å². The largest absolute Gasteiger partial charge is 0.494 e. The van der Waals surface area contributed by atoms with Crippen molar-refractivity contribution in [1.29, 1.82) is 0 Å². The highest BCUT2D eigenvalue weighted by Gasteiger charge is 2.44. The quantitative estimate of drug-likeness (QED) is 0.695. The highest BCUT2D eigenvalue weighted by atomic mass is 16.5. The summed E-state index contributed by atoms with van der Waals surface area (Å²) >= 11 is 0. The van der Waals surface area contributed by atoms with Crippen molar-refractivity contribution >= 4 is 5.91 Å². The molecule has 31 heavy (non-hydrogen) atoms. The molecule has 2 fully saturated rings. The molecule has 2 aromatic rings. The second-order valence-electron chi connectivity index (χ2n) is 8.95. The maximum absolute atomic E-state index is 12.8. The van der Waals surface area contributed by atoms with Crippen LogP contribution >= 0.6 is 0 Å². The first-order chi connectivity index (χ1) is 15.1. The van der Waals surface area contributed by atoms with Gasteiger partial charge in [-0.1, -0.05) is 0 Å². The minimum absolute atomic E-state index is 0.154. The number of rotatable bonds is 6. The van der Waals surface area contributed by atoms with Gasteiger partial charge >= 0.3 is 0 Å². The predicted molar refractivity (Wildman–Crippen MR) is 113 cm³/mol. The number of carbonyl (C=O) groups is 1. The molecule has 5 rings (SSSR count). The van der Waals surface area contributed by atoms with Crippen molar-refractivity contribution < 1.29 is 14.3 Å². The summed E-state index contributed by atoms with van der Waals surface area (Å²) < 4.78 is 13.7. The maximum Gasteiger partial charge on any atom is 0.291 e. The lowest BCUT2D eigenvalue weighted by atomic mass is 9.89. The Labute approximate surface area is 182 Å². The van der Waals surface area contributed by atoms with Gasteiger partial charge in [-0.3, -0.25) is 4.79 Å². The Morgan fingerprint density at radius 2 is 1.94 bits per heavy atom. The van der Waals surface area contributed by atoms with Crippen molar-refractivity contribution in [3.63, 3.8) is 0 Å². The Morgan fingerprint density at radius 3 is 2.61 bits per heavy atom.